The Morgan fingerprint density at radius 3 is 2.70 bits per heavy atom. The van der Waals surface area contributed by atoms with Crippen LogP contribution in [0, 0.1) is 5.82 Å². The van der Waals surface area contributed by atoms with E-state index < -0.39 is 0 Å². The molecule has 2 heterocycles. The van der Waals surface area contributed by atoms with Crippen molar-refractivity contribution in [3.63, 3.8) is 0 Å². The van der Waals surface area contributed by atoms with Gasteiger partial charge in [-0.1, -0.05) is 28.9 Å². The number of benzene rings is 2. The number of nitrogens with one attached hydrogen (secondary N) is 2. The van der Waals surface area contributed by atoms with Gasteiger partial charge in [-0.2, -0.15) is 4.98 Å². The van der Waals surface area contributed by atoms with Crippen molar-refractivity contribution in [3.8, 4) is 11.4 Å². The van der Waals surface area contributed by atoms with Crippen LogP contribution in [-0.2, 0) is 6.54 Å². The van der Waals surface area contributed by atoms with E-state index in [1.54, 1.807) is 12.1 Å². The van der Waals surface area contributed by atoms with Crippen molar-refractivity contribution in [1.82, 2.24) is 20.4 Å². The minimum atomic E-state index is -0.339. The van der Waals surface area contributed by atoms with E-state index in [0.29, 0.717) is 29.0 Å². The Hall–Kier alpha value is -2.97. The highest BCUT2D eigenvalue weighted by atomic mass is 35.5. The van der Waals surface area contributed by atoms with Crippen LogP contribution in [-0.4, -0.2) is 40.2 Å². The number of anilines is 1. The lowest BCUT2D eigenvalue weighted by molar-refractivity contribution is 0.171. The summed E-state index contributed by atoms with van der Waals surface area (Å²) in [6.07, 6.45) is 1.62. The maximum Gasteiger partial charge on any atom is 0.319 e. The Balaban J connectivity index is 1.24. The lowest BCUT2D eigenvalue weighted by Crippen LogP contribution is -2.45. The summed E-state index contributed by atoms with van der Waals surface area (Å²) in [5.74, 6) is 0.723. The summed E-state index contributed by atoms with van der Waals surface area (Å²) >= 11 is 6.01. The molecule has 156 valence electrons. The van der Waals surface area contributed by atoms with Crippen LogP contribution in [0.4, 0.5) is 14.9 Å². The van der Waals surface area contributed by atoms with E-state index in [1.165, 1.54) is 24.3 Å². The molecule has 0 spiro atoms. The van der Waals surface area contributed by atoms with Gasteiger partial charge in [-0.3, -0.25) is 4.90 Å². The van der Waals surface area contributed by atoms with Crippen LogP contribution in [0.2, 0.25) is 5.02 Å². The van der Waals surface area contributed by atoms with Gasteiger partial charge in [-0.15, -0.1) is 0 Å². The second kappa shape index (κ2) is 9.23. The largest absolute Gasteiger partial charge is 0.338 e. The first-order valence-corrected chi connectivity index (χ1v) is 10.1. The lowest BCUT2D eigenvalue weighted by atomic mass is 10.1. The van der Waals surface area contributed by atoms with Crippen LogP contribution in [0.25, 0.3) is 11.4 Å². The first-order chi connectivity index (χ1) is 14.5. The molecule has 0 unspecified atom stereocenters. The van der Waals surface area contributed by atoms with Gasteiger partial charge in [-0.05, 0) is 49.2 Å². The molecular formula is C21H21ClFN5O2. The highest BCUT2D eigenvalue weighted by Gasteiger charge is 2.22. The Kier molecular flexibility index (Phi) is 6.25. The average molecular weight is 430 g/mol. The normalized spacial score (nSPS) is 15.1. The van der Waals surface area contributed by atoms with Crippen molar-refractivity contribution in [2.24, 2.45) is 0 Å². The Morgan fingerprint density at radius 2 is 1.97 bits per heavy atom. The molecule has 0 bridgehead atoms. The van der Waals surface area contributed by atoms with E-state index in [1.807, 2.05) is 12.1 Å². The van der Waals surface area contributed by atoms with E-state index in [-0.39, 0.29) is 17.9 Å². The maximum atomic E-state index is 12.9. The summed E-state index contributed by atoms with van der Waals surface area (Å²) in [7, 11) is 0. The third-order valence-corrected chi connectivity index (χ3v) is 5.17. The zero-order valence-electron chi connectivity index (χ0n) is 16.1. The van der Waals surface area contributed by atoms with Crippen LogP contribution in [0.15, 0.2) is 53.1 Å². The second-order valence-electron chi connectivity index (χ2n) is 7.18. The number of piperidine rings is 1. The molecule has 7 nitrogen and oxygen atoms in total. The standard InChI is InChI=1S/C21H21ClFN5O2/c22-15-3-1-2-14(12-15)20-26-19(30-27-20)13-28-10-8-18(9-11-28)25-21(29)24-17-6-4-16(23)5-7-17/h1-7,12,18H,8-11,13H2,(H2,24,25,29). The van der Waals surface area contributed by atoms with Gasteiger partial charge < -0.3 is 15.2 Å². The first kappa shape index (κ1) is 20.3. The zero-order chi connectivity index (χ0) is 20.9. The summed E-state index contributed by atoms with van der Waals surface area (Å²) in [4.78, 5) is 18.8. The molecule has 1 aromatic heterocycles. The van der Waals surface area contributed by atoms with Gasteiger partial charge in [0.2, 0.25) is 11.7 Å². The Morgan fingerprint density at radius 1 is 1.20 bits per heavy atom. The van der Waals surface area contributed by atoms with Gasteiger partial charge in [0.1, 0.15) is 5.82 Å². The summed E-state index contributed by atoms with van der Waals surface area (Å²) in [5, 5.41) is 10.3. The number of rotatable bonds is 5. The molecular weight excluding hydrogens is 409 g/mol. The number of carbonyl (C=O) groups excluding carboxylic acids is 1. The molecule has 0 atom stereocenters. The maximum absolute atomic E-state index is 12.9. The smallest absolute Gasteiger partial charge is 0.319 e. The van der Waals surface area contributed by atoms with E-state index >= 15 is 0 Å². The number of hydrogen-bond acceptors (Lipinski definition) is 5. The number of carbonyl (C=O) groups is 1. The molecule has 0 aliphatic carbocycles. The highest BCUT2D eigenvalue weighted by molar-refractivity contribution is 6.30. The van der Waals surface area contributed by atoms with Crippen LogP contribution in [0.1, 0.15) is 18.7 Å². The van der Waals surface area contributed by atoms with Crippen molar-refractivity contribution in [2.75, 3.05) is 18.4 Å². The first-order valence-electron chi connectivity index (χ1n) is 9.69. The number of hydrogen-bond donors (Lipinski definition) is 2. The summed E-state index contributed by atoms with van der Waals surface area (Å²) < 4.78 is 18.3. The van der Waals surface area contributed by atoms with Gasteiger partial charge in [0.05, 0.1) is 6.54 Å². The minimum absolute atomic E-state index is 0.0754. The molecule has 3 aromatic rings. The molecule has 2 aromatic carbocycles. The quantitative estimate of drug-likeness (QED) is 0.631. The third-order valence-electron chi connectivity index (χ3n) is 4.93. The van der Waals surface area contributed by atoms with Crippen LogP contribution in [0.5, 0.6) is 0 Å². The molecule has 0 saturated carbocycles. The molecule has 2 N–H and O–H groups in total. The average Bonchev–Trinajstić information content (AvgIpc) is 3.20. The third kappa shape index (κ3) is 5.34. The molecule has 1 aliphatic heterocycles. The zero-order valence-corrected chi connectivity index (χ0v) is 16.9. The van der Waals surface area contributed by atoms with Crippen molar-refractivity contribution < 1.29 is 13.7 Å². The molecule has 0 radical (unpaired) electrons. The monoisotopic (exact) mass is 429 g/mol. The van der Waals surface area contributed by atoms with E-state index in [9.17, 15) is 9.18 Å². The van der Waals surface area contributed by atoms with E-state index in [2.05, 4.69) is 25.7 Å². The number of amides is 2. The topological polar surface area (TPSA) is 83.3 Å². The van der Waals surface area contributed by atoms with E-state index in [0.717, 1.165) is 31.5 Å². The fourth-order valence-corrected chi connectivity index (χ4v) is 3.57. The van der Waals surface area contributed by atoms with Crippen LogP contribution < -0.4 is 10.6 Å². The molecule has 4 rings (SSSR count). The predicted molar refractivity (Wildman–Crippen MR) is 112 cm³/mol. The number of urea groups is 1. The Bertz CT molecular complexity index is 1000. The fraction of sp³-hybridized carbons (Fsp3) is 0.286. The second-order valence-corrected chi connectivity index (χ2v) is 7.61. The summed E-state index contributed by atoms with van der Waals surface area (Å²) in [5.41, 5.74) is 1.37. The fourth-order valence-electron chi connectivity index (χ4n) is 3.38. The van der Waals surface area contributed by atoms with Gasteiger partial charge in [0.15, 0.2) is 0 Å². The molecule has 1 aliphatic rings. The molecule has 1 fully saturated rings. The number of nitrogens with zero attached hydrogens (tertiary/aromatic N) is 3. The van der Waals surface area contributed by atoms with Crippen LogP contribution in [0.3, 0.4) is 0 Å². The lowest BCUT2D eigenvalue weighted by Gasteiger charge is -2.31. The molecule has 2 amide bonds. The molecule has 1 saturated heterocycles. The van der Waals surface area contributed by atoms with Crippen LogP contribution >= 0.6 is 11.6 Å². The van der Waals surface area contributed by atoms with Gasteiger partial charge >= 0.3 is 6.03 Å². The summed E-state index contributed by atoms with van der Waals surface area (Å²) in [6, 6.07) is 12.8. The van der Waals surface area contributed by atoms with E-state index in [4.69, 9.17) is 16.1 Å². The Labute approximate surface area is 178 Å². The summed E-state index contributed by atoms with van der Waals surface area (Å²) in [6.45, 7) is 2.16. The van der Waals surface area contributed by atoms with Gasteiger partial charge in [0, 0.05) is 35.4 Å². The highest BCUT2D eigenvalue weighted by Crippen LogP contribution is 2.21. The number of halogens is 2. The van der Waals surface area contributed by atoms with Gasteiger partial charge in [0.25, 0.3) is 0 Å². The van der Waals surface area contributed by atoms with Crippen molar-refractivity contribution in [2.45, 2.75) is 25.4 Å². The predicted octanol–water partition coefficient (Wildman–Crippen LogP) is 4.32. The number of likely N-dealkylation sites (tertiary alicyclic amines) is 1. The van der Waals surface area contributed by atoms with Crippen molar-refractivity contribution in [3.05, 3.63) is 65.3 Å². The molecule has 30 heavy (non-hydrogen) atoms. The van der Waals surface area contributed by atoms with Crippen molar-refractivity contribution >= 4 is 23.3 Å². The van der Waals surface area contributed by atoms with Gasteiger partial charge in [-0.25, -0.2) is 9.18 Å². The molecule has 9 heteroatoms. The SMILES string of the molecule is O=C(Nc1ccc(F)cc1)NC1CCN(Cc2nc(-c3cccc(Cl)c3)no2)CC1. The van der Waals surface area contributed by atoms with Crippen molar-refractivity contribution in [1.29, 1.82) is 0 Å². The number of aromatic nitrogens is 2. The minimum Gasteiger partial charge on any atom is -0.338 e.